The molecule has 4 aromatic carbocycles. The molecule has 0 aliphatic rings. The first-order valence-corrected chi connectivity index (χ1v) is 14.3. The molecule has 0 saturated carbocycles. The van der Waals surface area contributed by atoms with Gasteiger partial charge in [0.15, 0.2) is 0 Å². The molecule has 0 heterocycles. The predicted octanol–water partition coefficient (Wildman–Crippen LogP) is 4.19. The van der Waals surface area contributed by atoms with Gasteiger partial charge in [-0.15, -0.1) is 0 Å². The largest absolute Gasteiger partial charge is 1.00 e. The van der Waals surface area contributed by atoms with E-state index in [0.29, 0.717) is 0 Å². The third-order valence-electron chi connectivity index (χ3n) is 5.49. The Hall–Kier alpha value is -3.21. The zero-order valence-electron chi connectivity index (χ0n) is 29.6. The van der Waals surface area contributed by atoms with Gasteiger partial charge in [0.25, 0.3) is 0 Å². The molecule has 44 heavy (non-hydrogen) atoms. The summed E-state index contributed by atoms with van der Waals surface area (Å²) in [6, 6.07) is 30.6. The molecule has 0 saturated heterocycles. The number of hydrogen-bond acceptors (Lipinski definition) is 6. The Morgan fingerprint density at radius 1 is 0.818 bits per heavy atom. The van der Waals surface area contributed by atoms with Crippen LogP contribution in [0.15, 0.2) is 123 Å². The maximum atomic E-state index is 11.1. The minimum absolute atomic E-state index is 0. The van der Waals surface area contributed by atoms with Gasteiger partial charge in [0, 0.05) is 39.5 Å². The van der Waals surface area contributed by atoms with Gasteiger partial charge in [0.05, 0.1) is 21.3 Å². The summed E-state index contributed by atoms with van der Waals surface area (Å²) < 4.78 is 43.3. The van der Waals surface area contributed by atoms with E-state index < -0.39 is 20.8 Å². The molecule has 0 bridgehead atoms. The second-order valence-electron chi connectivity index (χ2n) is 8.58. The number of methoxy groups -OCH3 is 2. The van der Waals surface area contributed by atoms with Crippen molar-refractivity contribution < 1.29 is 50.0 Å². The Morgan fingerprint density at radius 3 is 1.91 bits per heavy atom. The Morgan fingerprint density at radius 2 is 1.34 bits per heavy atom. The zero-order valence-corrected chi connectivity index (χ0v) is 29.8. The van der Waals surface area contributed by atoms with Gasteiger partial charge >= 0.3 is 41.5 Å². The van der Waals surface area contributed by atoms with Crippen LogP contribution < -0.4 is 34.9 Å². The molecular weight excluding hydrogens is 694 g/mol. The van der Waals surface area contributed by atoms with Gasteiger partial charge in [-0.1, -0.05) is 88.7 Å². The van der Waals surface area contributed by atoms with E-state index in [0.717, 1.165) is 42.6 Å². The van der Waals surface area contributed by atoms with Gasteiger partial charge in [0.2, 0.25) is 0 Å². The summed E-state index contributed by atoms with van der Waals surface area (Å²) in [5.41, 5.74) is 5.29. The predicted molar refractivity (Wildman–Crippen MR) is 189 cm³/mol. The number of ether oxygens (including phenoxy) is 2. The van der Waals surface area contributed by atoms with Gasteiger partial charge in [-0.05, 0) is 82.9 Å². The molecule has 0 spiro atoms. The number of nitrogens with one attached hydrogen (secondary N) is 1. The average Bonchev–Trinajstić information content (AvgIpc) is 3.06. The monoisotopic (exact) mass is 731 g/mol. The molecule has 1 unspecified atom stereocenters. The van der Waals surface area contributed by atoms with Crippen molar-refractivity contribution >= 4 is 81.8 Å². The summed E-state index contributed by atoms with van der Waals surface area (Å²) in [4.78, 5) is 26.6. The Bertz CT molecular complexity index is 1700. The molecule has 4 aromatic rings. The molecule has 6 nitrogen and oxygen atoms in total. The van der Waals surface area contributed by atoms with Crippen LogP contribution in [0.1, 0.15) is 23.6 Å². The number of benzene rings is 4. The summed E-state index contributed by atoms with van der Waals surface area (Å²) in [7, 11) is -0.306. The fourth-order valence-corrected chi connectivity index (χ4v) is 3.86. The summed E-state index contributed by atoms with van der Waals surface area (Å²) >= 11 is 6.77. The SMILES string of the molecule is COC(=O)/C=C/c1cccc(N=Cc2ccc(Br)cc2)c1.[2H]C(Nc1cccc(/C=C/C(=O)OC)c1)c1ccc(Br)cc1.[2H][B-]([2H])([2H])[2H].[Na+]. The first-order chi connectivity index (χ1) is 22.7. The van der Waals surface area contributed by atoms with Crippen LogP contribution in [0.3, 0.4) is 0 Å². The van der Waals surface area contributed by atoms with Crippen molar-refractivity contribution in [2.24, 2.45) is 4.99 Å². The minimum Gasteiger partial charge on any atom is -0.466 e. The van der Waals surface area contributed by atoms with E-state index in [4.69, 9.17) is 6.71 Å². The number of esters is 2. The maximum absolute atomic E-state index is 11.1. The molecule has 0 aromatic heterocycles. The molecular formula is C34H34BBr2N2NaO4. The zero-order chi connectivity index (χ0) is 35.5. The first kappa shape index (κ1) is 30.8. The van der Waals surface area contributed by atoms with E-state index in [1.165, 1.54) is 26.4 Å². The van der Waals surface area contributed by atoms with Crippen molar-refractivity contribution in [2.45, 2.75) is 6.52 Å². The van der Waals surface area contributed by atoms with Crippen LogP contribution in [0.4, 0.5) is 11.4 Å². The van der Waals surface area contributed by atoms with Crippen molar-refractivity contribution in [1.29, 1.82) is 5.34 Å². The number of hydrogen-bond donors (Lipinski definition) is 1. The summed E-state index contributed by atoms with van der Waals surface area (Å²) in [5, 5.41) is 3.12. The quantitative estimate of drug-likeness (QED) is 0.121. The molecule has 222 valence electrons. The standard InChI is InChI=1S/C17H16BrNO2.C17H14BrNO2.BH4.Na/c2*1-21-17(20)10-7-13-3-2-4-16(11-13)19-12-14-5-8-15(18)9-6-14;;/h2-11,19H,12H2,1H3;2-12H,1H3;1H4;/q;;-1;+1/b10-7+;10-7+,19-12?;;/i12D;;1D4;. The number of carbonyl (C=O) groups is 2. The fourth-order valence-electron chi connectivity index (χ4n) is 3.33. The van der Waals surface area contributed by atoms with Gasteiger partial charge in [-0.25, -0.2) is 14.9 Å². The van der Waals surface area contributed by atoms with Crippen LogP contribution in [0.2, 0.25) is 0 Å². The van der Waals surface area contributed by atoms with Gasteiger partial charge in [-0.2, -0.15) is 0 Å². The third-order valence-corrected chi connectivity index (χ3v) is 6.55. The molecule has 0 radical (unpaired) electrons. The number of rotatable bonds is 9. The average molecular weight is 733 g/mol. The van der Waals surface area contributed by atoms with Gasteiger partial charge in [-0.3, -0.25) is 4.99 Å². The van der Waals surface area contributed by atoms with Crippen LogP contribution in [-0.4, -0.2) is 46.0 Å². The molecule has 0 amide bonds. The summed E-state index contributed by atoms with van der Waals surface area (Å²) in [5.74, 6) is -0.773. The van der Waals surface area contributed by atoms with Crippen LogP contribution in [0.25, 0.3) is 12.2 Å². The smallest absolute Gasteiger partial charge is 0.466 e. The van der Waals surface area contributed by atoms with E-state index in [1.54, 1.807) is 18.4 Å². The van der Waals surface area contributed by atoms with Crippen molar-refractivity contribution in [3.8, 4) is 0 Å². The van der Waals surface area contributed by atoms with Crippen molar-refractivity contribution in [3.63, 3.8) is 0 Å². The van der Waals surface area contributed by atoms with E-state index in [2.05, 4.69) is 51.6 Å². The Balaban J connectivity index is 0.000000423. The normalized spacial score (nSPS) is 12.9. The van der Waals surface area contributed by atoms with Crippen LogP contribution in [0, 0.1) is 0 Å². The van der Waals surface area contributed by atoms with Crippen LogP contribution >= 0.6 is 31.9 Å². The van der Waals surface area contributed by atoms with Crippen LogP contribution in [0.5, 0.6) is 0 Å². The summed E-state index contributed by atoms with van der Waals surface area (Å²) in [6.45, 7) is -0.562. The van der Waals surface area contributed by atoms with Crippen molar-refractivity contribution in [2.75, 3.05) is 19.5 Å². The number of aliphatic imine (C=N–C) groups is 1. The Labute approximate surface area is 306 Å². The number of carbonyl (C=O) groups excluding carboxylic acids is 2. The molecule has 1 N–H and O–H groups in total. The molecule has 0 aliphatic carbocycles. The molecule has 1 atom stereocenters. The summed E-state index contributed by atoms with van der Waals surface area (Å²) in [6.07, 6.45) is 7.93. The minimum atomic E-state index is -3.00. The van der Waals surface area contributed by atoms with Crippen molar-refractivity contribution in [1.82, 2.24) is 0 Å². The molecule has 0 fully saturated rings. The van der Waals surface area contributed by atoms with Crippen LogP contribution in [-0.2, 0) is 25.6 Å². The van der Waals surface area contributed by atoms with Gasteiger partial charge in [0.1, 0.15) is 0 Å². The molecule has 0 aliphatic heterocycles. The van der Waals surface area contributed by atoms with Gasteiger partial charge < -0.3 is 14.8 Å². The second kappa shape index (κ2) is 21.5. The first-order valence-electron chi connectivity index (χ1n) is 15.6. The Kier molecular flexibility index (Phi) is 15.0. The molecule has 4 rings (SSSR count). The van der Waals surface area contributed by atoms with Crippen molar-refractivity contribution in [3.05, 3.63) is 140 Å². The second-order valence-corrected chi connectivity index (χ2v) is 10.4. The van der Waals surface area contributed by atoms with E-state index >= 15 is 0 Å². The van der Waals surface area contributed by atoms with E-state index in [9.17, 15) is 9.59 Å². The number of halogens is 2. The number of anilines is 1. The topological polar surface area (TPSA) is 77.0 Å². The van der Waals surface area contributed by atoms with E-state index in [1.807, 2.05) is 97.1 Å². The third kappa shape index (κ3) is 15.0. The van der Waals surface area contributed by atoms with E-state index in [-0.39, 0.29) is 35.5 Å². The number of nitrogens with zero attached hydrogens (tertiary/aromatic N) is 1. The maximum Gasteiger partial charge on any atom is 1.00 e. The molecule has 10 heteroatoms. The fraction of sp³-hybridized carbons (Fsp3) is 0.0882.